The van der Waals surface area contributed by atoms with Crippen LogP contribution in [0.25, 0.3) is 16.6 Å². The second-order valence-corrected chi connectivity index (χ2v) is 3.99. The van der Waals surface area contributed by atoms with E-state index in [9.17, 15) is 10.1 Å². The second kappa shape index (κ2) is 4.44. The van der Waals surface area contributed by atoms with E-state index in [1.54, 1.807) is 35.2 Å². The Morgan fingerprint density at radius 3 is 2.85 bits per heavy atom. The van der Waals surface area contributed by atoms with Crippen LogP contribution in [-0.2, 0) is 0 Å². The molecule has 0 saturated heterocycles. The van der Waals surface area contributed by atoms with Gasteiger partial charge in [-0.25, -0.2) is 4.98 Å². The molecule has 0 fully saturated rings. The zero-order valence-electron chi connectivity index (χ0n) is 10.1. The van der Waals surface area contributed by atoms with E-state index in [0.717, 1.165) is 0 Å². The third-order valence-corrected chi connectivity index (χ3v) is 2.92. The molecule has 0 aliphatic heterocycles. The Labute approximate surface area is 112 Å². The number of nitro benzene ring substituents is 1. The summed E-state index contributed by atoms with van der Waals surface area (Å²) in [6.45, 7) is 0. The lowest BCUT2D eigenvalue weighted by atomic mass is 10.1. The van der Waals surface area contributed by atoms with Crippen LogP contribution in [0, 0.1) is 21.4 Å². The van der Waals surface area contributed by atoms with Crippen molar-refractivity contribution < 1.29 is 4.92 Å². The molecule has 7 nitrogen and oxygen atoms in total. The maximum absolute atomic E-state index is 11.0. The highest BCUT2D eigenvalue weighted by Crippen LogP contribution is 2.29. The monoisotopic (exact) mass is 265 g/mol. The summed E-state index contributed by atoms with van der Waals surface area (Å²) < 4.78 is 1.55. The fraction of sp³-hybridized carbons (Fsp3) is 0. The fourth-order valence-electron chi connectivity index (χ4n) is 2.08. The van der Waals surface area contributed by atoms with Crippen LogP contribution >= 0.6 is 0 Å². The van der Waals surface area contributed by atoms with Crippen LogP contribution in [0.3, 0.4) is 0 Å². The third-order valence-electron chi connectivity index (χ3n) is 2.92. The molecule has 2 aromatic heterocycles. The number of hydrogen-bond acceptors (Lipinski definition) is 5. The van der Waals surface area contributed by atoms with Gasteiger partial charge < -0.3 is 0 Å². The minimum Gasteiger partial charge on any atom is -0.289 e. The molecule has 0 atom stereocenters. The van der Waals surface area contributed by atoms with Crippen molar-refractivity contribution in [1.29, 1.82) is 5.26 Å². The van der Waals surface area contributed by atoms with Gasteiger partial charge in [0.05, 0.1) is 16.0 Å². The summed E-state index contributed by atoms with van der Waals surface area (Å²) in [5.41, 5.74) is 1.02. The summed E-state index contributed by atoms with van der Waals surface area (Å²) in [4.78, 5) is 18.7. The molecule has 0 saturated carbocycles. The van der Waals surface area contributed by atoms with Crippen LogP contribution in [0.5, 0.6) is 0 Å². The first-order valence-electron chi connectivity index (χ1n) is 5.68. The van der Waals surface area contributed by atoms with Gasteiger partial charge in [0.25, 0.3) is 5.69 Å². The Morgan fingerprint density at radius 2 is 2.10 bits per heavy atom. The van der Waals surface area contributed by atoms with Gasteiger partial charge in [-0.3, -0.25) is 19.7 Å². The molecule has 7 heteroatoms. The van der Waals surface area contributed by atoms with Crippen molar-refractivity contribution in [1.82, 2.24) is 14.5 Å². The molecule has 96 valence electrons. The van der Waals surface area contributed by atoms with Crippen LogP contribution in [0.15, 0.2) is 42.9 Å². The number of hydrogen-bond donors (Lipinski definition) is 0. The van der Waals surface area contributed by atoms with Gasteiger partial charge in [0, 0.05) is 24.7 Å². The third kappa shape index (κ3) is 1.67. The van der Waals surface area contributed by atoms with Gasteiger partial charge in [-0.15, -0.1) is 0 Å². The van der Waals surface area contributed by atoms with Crippen LogP contribution < -0.4 is 0 Å². The van der Waals surface area contributed by atoms with Crippen LogP contribution in [0.2, 0.25) is 0 Å². The zero-order chi connectivity index (χ0) is 14.1. The lowest BCUT2D eigenvalue weighted by Crippen LogP contribution is -2.00. The minimum atomic E-state index is -0.451. The molecule has 0 radical (unpaired) electrons. The first-order chi connectivity index (χ1) is 9.72. The topological polar surface area (TPSA) is 97.6 Å². The first kappa shape index (κ1) is 11.8. The number of imidazole rings is 1. The Balaban J connectivity index is 2.37. The predicted molar refractivity (Wildman–Crippen MR) is 70.2 cm³/mol. The molecule has 2 heterocycles. The van der Waals surface area contributed by atoms with Gasteiger partial charge in [0.2, 0.25) is 5.82 Å². The molecule has 0 aliphatic rings. The Bertz CT molecular complexity index is 863. The summed E-state index contributed by atoms with van der Waals surface area (Å²) in [5, 5.41) is 20.5. The highest BCUT2D eigenvalue weighted by Gasteiger charge is 2.17. The van der Waals surface area contributed by atoms with E-state index in [1.165, 1.54) is 12.3 Å². The summed E-state index contributed by atoms with van der Waals surface area (Å²) >= 11 is 0. The largest absolute Gasteiger partial charge is 0.289 e. The molecule has 0 bridgehead atoms. The number of non-ortho nitro benzene ring substituents is 1. The van der Waals surface area contributed by atoms with Crippen LogP contribution in [0.1, 0.15) is 5.82 Å². The van der Waals surface area contributed by atoms with E-state index in [2.05, 4.69) is 9.97 Å². The molecule has 0 N–H and O–H groups in total. The molecule has 0 aliphatic carbocycles. The number of nitriles is 1. The summed E-state index contributed by atoms with van der Waals surface area (Å²) in [6.07, 6.45) is 4.67. The number of benzene rings is 1. The van der Waals surface area contributed by atoms with Gasteiger partial charge in [0.1, 0.15) is 11.6 Å². The van der Waals surface area contributed by atoms with Gasteiger partial charge >= 0.3 is 0 Å². The Morgan fingerprint density at radius 1 is 1.25 bits per heavy atom. The zero-order valence-corrected chi connectivity index (χ0v) is 10.1. The van der Waals surface area contributed by atoms with Crippen LogP contribution in [-0.4, -0.2) is 19.5 Å². The van der Waals surface area contributed by atoms with E-state index in [0.29, 0.717) is 16.6 Å². The molecular weight excluding hydrogens is 258 g/mol. The van der Waals surface area contributed by atoms with Crippen molar-refractivity contribution in [3.05, 3.63) is 58.8 Å². The smallest absolute Gasteiger partial charge is 0.278 e. The Kier molecular flexibility index (Phi) is 2.62. The highest BCUT2D eigenvalue weighted by molar-refractivity contribution is 5.93. The number of nitrogens with zero attached hydrogens (tertiary/aromatic N) is 5. The lowest BCUT2D eigenvalue weighted by Gasteiger charge is -2.07. The van der Waals surface area contributed by atoms with Gasteiger partial charge in [-0.1, -0.05) is 0 Å². The average molecular weight is 265 g/mol. The summed E-state index contributed by atoms with van der Waals surface area (Å²) in [6, 6.07) is 8.20. The van der Waals surface area contributed by atoms with E-state index in [4.69, 9.17) is 5.26 Å². The standard InChI is InChI=1S/C13H7N5O2/c14-8-12-15-6-7-17(12)11-4-3-10(18(19)20)9-2-1-5-16-13(9)11/h1-7H. The molecule has 20 heavy (non-hydrogen) atoms. The van der Waals surface area contributed by atoms with Gasteiger partial charge in [-0.2, -0.15) is 5.26 Å². The molecule has 0 spiro atoms. The van der Waals surface area contributed by atoms with Crippen molar-refractivity contribution in [2.45, 2.75) is 0 Å². The van der Waals surface area contributed by atoms with E-state index >= 15 is 0 Å². The lowest BCUT2D eigenvalue weighted by molar-refractivity contribution is -0.383. The second-order valence-electron chi connectivity index (χ2n) is 3.99. The van der Waals surface area contributed by atoms with Gasteiger partial charge in [-0.05, 0) is 18.2 Å². The molecule has 1 aromatic carbocycles. The summed E-state index contributed by atoms with van der Waals surface area (Å²) in [5.74, 6) is 0.200. The highest BCUT2D eigenvalue weighted by atomic mass is 16.6. The predicted octanol–water partition coefficient (Wildman–Crippen LogP) is 2.20. The molecule has 3 aromatic rings. The molecule has 0 amide bonds. The van der Waals surface area contributed by atoms with E-state index in [1.807, 2.05) is 6.07 Å². The number of nitro groups is 1. The molecule has 3 rings (SSSR count). The van der Waals surface area contributed by atoms with Crippen molar-refractivity contribution in [3.63, 3.8) is 0 Å². The SMILES string of the molecule is N#Cc1nccn1-c1ccc([N+](=O)[O-])c2cccnc12. The van der Waals surface area contributed by atoms with Crippen molar-refractivity contribution >= 4 is 16.6 Å². The number of aromatic nitrogens is 3. The molecular formula is C13H7N5O2. The minimum absolute atomic E-state index is 0.0181. The number of fused-ring (bicyclic) bond motifs is 1. The van der Waals surface area contributed by atoms with E-state index < -0.39 is 4.92 Å². The summed E-state index contributed by atoms with van der Waals surface area (Å²) in [7, 11) is 0. The maximum Gasteiger partial charge on any atom is 0.278 e. The first-order valence-corrected chi connectivity index (χ1v) is 5.68. The number of pyridine rings is 1. The molecule has 0 unspecified atom stereocenters. The quantitative estimate of drug-likeness (QED) is 0.522. The fourth-order valence-corrected chi connectivity index (χ4v) is 2.08. The maximum atomic E-state index is 11.0. The van der Waals surface area contributed by atoms with Crippen LogP contribution in [0.4, 0.5) is 5.69 Å². The Hall–Kier alpha value is -3.27. The van der Waals surface area contributed by atoms with Crippen molar-refractivity contribution in [2.75, 3.05) is 0 Å². The normalized spacial score (nSPS) is 10.3. The van der Waals surface area contributed by atoms with Crippen molar-refractivity contribution in [3.8, 4) is 11.8 Å². The van der Waals surface area contributed by atoms with Gasteiger partial charge in [0.15, 0.2) is 0 Å². The average Bonchev–Trinajstić information content (AvgIpc) is 2.94. The van der Waals surface area contributed by atoms with E-state index in [-0.39, 0.29) is 11.5 Å². The van der Waals surface area contributed by atoms with Crippen molar-refractivity contribution in [2.24, 2.45) is 0 Å². The number of rotatable bonds is 2.